The number of allylic oxidation sites excluding steroid dienone is 3. The maximum Gasteiger partial charge on any atom is 0.138 e. The summed E-state index contributed by atoms with van der Waals surface area (Å²) in [6.45, 7) is 0. The van der Waals surface area contributed by atoms with E-state index >= 15 is 0 Å². The molecule has 1 aliphatic carbocycles. The van der Waals surface area contributed by atoms with Gasteiger partial charge in [0.15, 0.2) is 0 Å². The first-order valence-electron chi connectivity index (χ1n) is 4.50. The molecule has 0 bridgehead atoms. The molecular formula is C12H3Br2ClN2. The Hall–Kier alpha value is -1.07. The number of nitriles is 2. The number of benzene rings is 1. The zero-order chi connectivity index (χ0) is 12.6. The van der Waals surface area contributed by atoms with Crippen molar-refractivity contribution in [2.45, 2.75) is 0 Å². The van der Waals surface area contributed by atoms with E-state index in [-0.39, 0.29) is 5.57 Å². The Balaban J connectivity index is 2.84. The van der Waals surface area contributed by atoms with Crippen molar-refractivity contribution in [1.29, 1.82) is 10.5 Å². The molecule has 0 aromatic heterocycles. The third-order valence-electron chi connectivity index (χ3n) is 2.37. The van der Waals surface area contributed by atoms with Gasteiger partial charge in [0.2, 0.25) is 0 Å². The van der Waals surface area contributed by atoms with Gasteiger partial charge in [-0.05, 0) is 55.1 Å². The van der Waals surface area contributed by atoms with Gasteiger partial charge in [-0.2, -0.15) is 10.5 Å². The summed E-state index contributed by atoms with van der Waals surface area (Å²) in [5.41, 5.74) is 2.39. The molecule has 1 aromatic rings. The van der Waals surface area contributed by atoms with Crippen LogP contribution < -0.4 is 0 Å². The van der Waals surface area contributed by atoms with Gasteiger partial charge in [-0.15, -0.1) is 0 Å². The number of rotatable bonds is 0. The van der Waals surface area contributed by atoms with Gasteiger partial charge in [0, 0.05) is 19.6 Å². The van der Waals surface area contributed by atoms with Crippen molar-refractivity contribution in [3.05, 3.63) is 44.4 Å². The van der Waals surface area contributed by atoms with Crippen LogP contribution in [0.5, 0.6) is 0 Å². The SMILES string of the molecule is N#CC(C#N)=C1C(Br)=C(Br)c2cc(Cl)ccc21. The Morgan fingerprint density at radius 2 is 1.71 bits per heavy atom. The summed E-state index contributed by atoms with van der Waals surface area (Å²) in [5, 5.41) is 18.5. The highest BCUT2D eigenvalue weighted by Crippen LogP contribution is 2.48. The van der Waals surface area contributed by atoms with Crippen molar-refractivity contribution >= 4 is 53.5 Å². The van der Waals surface area contributed by atoms with Gasteiger partial charge in [0.1, 0.15) is 17.7 Å². The molecule has 2 nitrogen and oxygen atoms in total. The van der Waals surface area contributed by atoms with Crippen LogP contribution in [0.1, 0.15) is 11.1 Å². The van der Waals surface area contributed by atoms with Gasteiger partial charge in [-0.1, -0.05) is 17.7 Å². The van der Waals surface area contributed by atoms with Crippen LogP contribution in [0.2, 0.25) is 5.02 Å². The molecule has 0 amide bonds. The minimum absolute atomic E-state index is 0.0786. The van der Waals surface area contributed by atoms with Gasteiger partial charge in [0.05, 0.1) is 0 Å². The van der Waals surface area contributed by atoms with Crippen LogP contribution in [0.3, 0.4) is 0 Å². The number of fused-ring (bicyclic) bond motifs is 1. The third-order valence-corrected chi connectivity index (χ3v) is 4.76. The van der Waals surface area contributed by atoms with Crippen molar-refractivity contribution in [2.24, 2.45) is 0 Å². The lowest BCUT2D eigenvalue weighted by molar-refractivity contribution is 1.46. The molecular weight excluding hydrogens is 367 g/mol. The van der Waals surface area contributed by atoms with Gasteiger partial charge in [-0.25, -0.2) is 0 Å². The Morgan fingerprint density at radius 1 is 1.06 bits per heavy atom. The molecule has 1 aromatic carbocycles. The highest BCUT2D eigenvalue weighted by atomic mass is 79.9. The predicted molar refractivity (Wildman–Crippen MR) is 74.4 cm³/mol. The van der Waals surface area contributed by atoms with Gasteiger partial charge >= 0.3 is 0 Å². The van der Waals surface area contributed by atoms with Crippen molar-refractivity contribution in [2.75, 3.05) is 0 Å². The third kappa shape index (κ3) is 1.93. The molecule has 2 rings (SSSR count). The molecule has 17 heavy (non-hydrogen) atoms. The van der Waals surface area contributed by atoms with Crippen LogP contribution in [0.4, 0.5) is 0 Å². The molecule has 0 spiro atoms. The molecule has 5 heteroatoms. The first-order valence-corrected chi connectivity index (χ1v) is 6.47. The summed E-state index contributed by atoms with van der Waals surface area (Å²) in [6.07, 6.45) is 0. The summed E-state index contributed by atoms with van der Waals surface area (Å²) >= 11 is 12.7. The van der Waals surface area contributed by atoms with Gasteiger partial charge in [-0.3, -0.25) is 0 Å². The lowest BCUT2D eigenvalue weighted by Gasteiger charge is -2.02. The molecule has 0 saturated carbocycles. The highest BCUT2D eigenvalue weighted by Gasteiger charge is 2.26. The smallest absolute Gasteiger partial charge is 0.138 e. The molecule has 0 aliphatic heterocycles. The van der Waals surface area contributed by atoms with E-state index in [1.165, 1.54) is 0 Å². The van der Waals surface area contributed by atoms with Crippen molar-refractivity contribution in [3.63, 3.8) is 0 Å². The van der Waals surface area contributed by atoms with E-state index in [1.807, 2.05) is 12.1 Å². The summed E-state index contributed by atoms with van der Waals surface area (Å²) in [5.74, 6) is 0. The van der Waals surface area contributed by atoms with Crippen LogP contribution in [-0.4, -0.2) is 0 Å². The first kappa shape index (κ1) is 12.4. The fourth-order valence-corrected chi connectivity index (χ4v) is 2.97. The van der Waals surface area contributed by atoms with Crippen molar-refractivity contribution < 1.29 is 0 Å². The standard InChI is InChI=1S/C12H3Br2ClN2/c13-11-9-3-7(15)1-2-8(9)10(12(11)14)6(4-16)5-17/h1-3H. The van der Waals surface area contributed by atoms with Crippen LogP contribution in [0.25, 0.3) is 10.1 Å². The zero-order valence-corrected chi connectivity index (χ0v) is 12.2. The molecule has 0 unspecified atom stereocenters. The number of hydrogen-bond donors (Lipinski definition) is 0. The van der Waals surface area contributed by atoms with Crippen molar-refractivity contribution in [3.8, 4) is 12.1 Å². The maximum absolute atomic E-state index is 8.96. The number of halogens is 3. The quantitative estimate of drug-likeness (QED) is 0.626. The second-order valence-corrected chi connectivity index (χ2v) is 5.31. The van der Waals surface area contributed by atoms with E-state index in [2.05, 4.69) is 31.9 Å². The van der Waals surface area contributed by atoms with Crippen molar-refractivity contribution in [1.82, 2.24) is 0 Å². The van der Waals surface area contributed by atoms with Gasteiger partial charge in [0.25, 0.3) is 0 Å². The molecule has 0 fully saturated rings. The Kier molecular flexibility index (Phi) is 3.40. The van der Waals surface area contributed by atoms with Crippen LogP contribution in [0, 0.1) is 22.7 Å². The summed E-state index contributed by atoms with van der Waals surface area (Å²) in [6, 6.07) is 9.13. The summed E-state index contributed by atoms with van der Waals surface area (Å²) in [7, 11) is 0. The zero-order valence-electron chi connectivity index (χ0n) is 8.26. The Bertz CT molecular complexity index is 644. The lowest BCUT2D eigenvalue weighted by Crippen LogP contribution is -1.86. The second kappa shape index (κ2) is 4.66. The Morgan fingerprint density at radius 3 is 2.29 bits per heavy atom. The molecule has 0 atom stereocenters. The normalized spacial score (nSPS) is 13.1. The first-order chi connectivity index (χ1) is 8.10. The van der Waals surface area contributed by atoms with Crippen LogP contribution >= 0.6 is 43.5 Å². The number of hydrogen-bond acceptors (Lipinski definition) is 2. The largest absolute Gasteiger partial charge is 0.192 e. The van der Waals surface area contributed by atoms with Gasteiger partial charge < -0.3 is 0 Å². The molecule has 0 N–H and O–H groups in total. The van der Waals surface area contributed by atoms with Crippen LogP contribution in [-0.2, 0) is 0 Å². The summed E-state index contributed by atoms with van der Waals surface area (Å²) < 4.78 is 1.50. The molecule has 0 saturated heterocycles. The average molecular weight is 370 g/mol. The Labute approximate surface area is 120 Å². The van der Waals surface area contributed by atoms with E-state index in [9.17, 15) is 0 Å². The number of nitrogens with zero attached hydrogens (tertiary/aromatic N) is 2. The summed E-state index contributed by atoms with van der Waals surface area (Å²) in [4.78, 5) is 0. The minimum atomic E-state index is 0.0786. The van der Waals surface area contributed by atoms with E-state index in [0.29, 0.717) is 15.1 Å². The second-order valence-electron chi connectivity index (χ2n) is 3.29. The fourth-order valence-electron chi connectivity index (χ4n) is 1.64. The predicted octanol–water partition coefficient (Wildman–Crippen LogP) is 4.61. The molecule has 0 heterocycles. The molecule has 1 aliphatic rings. The topological polar surface area (TPSA) is 47.6 Å². The van der Waals surface area contributed by atoms with E-state index in [4.69, 9.17) is 22.1 Å². The van der Waals surface area contributed by atoms with Crippen LogP contribution in [0.15, 0.2) is 28.3 Å². The lowest BCUT2D eigenvalue weighted by atomic mass is 10.0. The molecule has 0 radical (unpaired) electrons. The highest BCUT2D eigenvalue weighted by molar-refractivity contribution is 9.16. The average Bonchev–Trinajstić information content (AvgIpc) is 2.56. The minimum Gasteiger partial charge on any atom is -0.192 e. The van der Waals surface area contributed by atoms with E-state index in [0.717, 1.165) is 15.6 Å². The van der Waals surface area contributed by atoms with E-state index < -0.39 is 0 Å². The monoisotopic (exact) mass is 368 g/mol. The molecule has 82 valence electrons. The maximum atomic E-state index is 8.96. The fraction of sp³-hybridized carbons (Fsp3) is 0. The van der Waals surface area contributed by atoms with E-state index in [1.54, 1.807) is 18.2 Å².